The van der Waals surface area contributed by atoms with E-state index in [0.717, 1.165) is 21.1 Å². The van der Waals surface area contributed by atoms with Gasteiger partial charge in [0.2, 0.25) is 5.75 Å². The Hall–Kier alpha value is -4.14. The fraction of sp³-hybridized carbons (Fsp3) is 0.182. The van der Waals surface area contributed by atoms with Gasteiger partial charge in [0.1, 0.15) is 17.4 Å². The predicted molar refractivity (Wildman–Crippen MR) is 116 cm³/mol. The summed E-state index contributed by atoms with van der Waals surface area (Å²) in [5.74, 6) is 0.256. The van der Waals surface area contributed by atoms with Crippen molar-refractivity contribution in [1.29, 1.82) is 0 Å². The zero-order valence-corrected chi connectivity index (χ0v) is 17.4. The quantitative estimate of drug-likeness (QED) is 0.302. The molecule has 2 heterocycles. The average molecular weight is 420 g/mol. The zero-order chi connectivity index (χ0) is 22.1. The summed E-state index contributed by atoms with van der Waals surface area (Å²) in [5.41, 5.74) is 3.14. The molecule has 31 heavy (non-hydrogen) atoms. The Morgan fingerprint density at radius 3 is 2.52 bits per heavy atom. The predicted octanol–water partition coefficient (Wildman–Crippen LogP) is 3.01. The largest absolute Gasteiger partial charge is 0.493 e. The molecule has 0 atom stereocenters. The third kappa shape index (κ3) is 3.73. The summed E-state index contributed by atoms with van der Waals surface area (Å²) in [6.07, 6.45) is 2.84. The number of hydrogen-bond acceptors (Lipinski definition) is 7. The minimum Gasteiger partial charge on any atom is -0.493 e. The molecule has 1 N–H and O–H groups in total. The van der Waals surface area contributed by atoms with Gasteiger partial charge in [-0.2, -0.15) is 9.78 Å². The number of esters is 1. The molecule has 0 unspecified atom stereocenters. The Morgan fingerprint density at radius 2 is 1.87 bits per heavy atom. The SMILES string of the molecule is COc1cc(C=Nn2cnc3c([nH]c4ccc(C)cc43)c2=O)cc(OC)c1OC(C)=O. The highest BCUT2D eigenvalue weighted by atomic mass is 16.6. The number of aromatic nitrogens is 3. The standard InChI is InChI=1S/C22H20N4O5/c1-12-5-6-16-15(7-12)19-20(25-16)22(28)26(11-23-19)24-10-14-8-17(29-3)21(31-13(2)27)18(9-14)30-4/h5-11,25H,1-4H3. The van der Waals surface area contributed by atoms with Crippen molar-refractivity contribution in [2.45, 2.75) is 13.8 Å². The van der Waals surface area contributed by atoms with Gasteiger partial charge in [0, 0.05) is 23.4 Å². The molecule has 0 fully saturated rings. The molecule has 0 amide bonds. The van der Waals surface area contributed by atoms with Gasteiger partial charge in [-0.1, -0.05) is 11.6 Å². The molecule has 0 aliphatic carbocycles. The van der Waals surface area contributed by atoms with E-state index in [-0.39, 0.29) is 11.3 Å². The fourth-order valence-corrected chi connectivity index (χ4v) is 3.29. The van der Waals surface area contributed by atoms with E-state index in [1.165, 1.54) is 33.7 Å². The number of nitrogens with one attached hydrogen (secondary N) is 1. The molecule has 4 rings (SSSR count). The van der Waals surface area contributed by atoms with Crippen molar-refractivity contribution < 1.29 is 19.0 Å². The highest BCUT2D eigenvalue weighted by molar-refractivity contribution is 6.04. The first kappa shape index (κ1) is 20.1. The summed E-state index contributed by atoms with van der Waals surface area (Å²) >= 11 is 0. The zero-order valence-electron chi connectivity index (χ0n) is 17.4. The normalized spacial score (nSPS) is 11.4. The molecule has 0 radical (unpaired) electrons. The minimum absolute atomic E-state index is 0.170. The molecular weight excluding hydrogens is 400 g/mol. The first-order valence-corrected chi connectivity index (χ1v) is 9.39. The summed E-state index contributed by atoms with van der Waals surface area (Å²) < 4.78 is 16.9. The molecule has 158 valence electrons. The molecule has 2 aromatic carbocycles. The third-order valence-electron chi connectivity index (χ3n) is 4.70. The van der Waals surface area contributed by atoms with E-state index in [4.69, 9.17) is 14.2 Å². The van der Waals surface area contributed by atoms with Crippen LogP contribution >= 0.6 is 0 Å². The number of benzene rings is 2. The number of ether oxygens (including phenoxy) is 3. The van der Waals surface area contributed by atoms with E-state index in [9.17, 15) is 9.59 Å². The number of methoxy groups -OCH3 is 2. The van der Waals surface area contributed by atoms with Crippen molar-refractivity contribution in [3.8, 4) is 17.2 Å². The molecule has 0 saturated carbocycles. The average Bonchev–Trinajstić information content (AvgIpc) is 3.12. The summed E-state index contributed by atoms with van der Waals surface area (Å²) in [4.78, 5) is 31.8. The van der Waals surface area contributed by atoms with Crippen LogP contribution in [0.15, 0.2) is 46.6 Å². The van der Waals surface area contributed by atoms with Gasteiger partial charge < -0.3 is 19.2 Å². The maximum absolute atomic E-state index is 12.9. The second-order valence-electron chi connectivity index (χ2n) is 6.88. The highest BCUT2D eigenvalue weighted by Crippen LogP contribution is 2.38. The number of aromatic amines is 1. The van der Waals surface area contributed by atoms with Crippen LogP contribution < -0.4 is 19.8 Å². The molecule has 0 saturated heterocycles. The second kappa shape index (κ2) is 7.94. The van der Waals surface area contributed by atoms with Crippen LogP contribution in [0.25, 0.3) is 21.9 Å². The Balaban J connectivity index is 1.76. The van der Waals surface area contributed by atoms with Crippen molar-refractivity contribution in [2.24, 2.45) is 5.10 Å². The molecular formula is C22H20N4O5. The third-order valence-corrected chi connectivity index (χ3v) is 4.70. The lowest BCUT2D eigenvalue weighted by atomic mass is 10.2. The number of nitrogens with zero attached hydrogens (tertiary/aromatic N) is 3. The topological polar surface area (TPSA) is 108 Å². The van der Waals surface area contributed by atoms with Gasteiger partial charge in [0.05, 0.1) is 20.4 Å². The van der Waals surface area contributed by atoms with E-state index in [2.05, 4.69) is 15.1 Å². The van der Waals surface area contributed by atoms with E-state index in [0.29, 0.717) is 28.1 Å². The van der Waals surface area contributed by atoms with Crippen molar-refractivity contribution in [2.75, 3.05) is 14.2 Å². The summed E-state index contributed by atoms with van der Waals surface area (Å²) in [6, 6.07) is 9.11. The number of carbonyl (C=O) groups excluding carboxylic acids is 1. The highest BCUT2D eigenvalue weighted by Gasteiger charge is 2.16. The molecule has 2 aromatic heterocycles. The van der Waals surface area contributed by atoms with Crippen LogP contribution in [0.1, 0.15) is 18.1 Å². The first-order valence-electron chi connectivity index (χ1n) is 9.39. The fourth-order valence-electron chi connectivity index (χ4n) is 3.29. The van der Waals surface area contributed by atoms with Crippen molar-refractivity contribution in [3.63, 3.8) is 0 Å². The number of H-pyrrole nitrogens is 1. The first-order chi connectivity index (χ1) is 14.9. The maximum atomic E-state index is 12.9. The van der Waals surface area contributed by atoms with E-state index >= 15 is 0 Å². The smallest absolute Gasteiger partial charge is 0.308 e. The van der Waals surface area contributed by atoms with Crippen molar-refractivity contribution in [1.82, 2.24) is 14.6 Å². The van der Waals surface area contributed by atoms with Crippen LogP contribution in [0.2, 0.25) is 0 Å². The number of hydrogen-bond donors (Lipinski definition) is 1. The summed E-state index contributed by atoms with van der Waals surface area (Å²) in [7, 11) is 2.89. The lowest BCUT2D eigenvalue weighted by Gasteiger charge is -2.13. The summed E-state index contributed by atoms with van der Waals surface area (Å²) in [6.45, 7) is 3.27. The van der Waals surface area contributed by atoms with E-state index < -0.39 is 5.97 Å². The second-order valence-corrected chi connectivity index (χ2v) is 6.88. The van der Waals surface area contributed by atoms with Gasteiger partial charge in [-0.25, -0.2) is 4.98 Å². The maximum Gasteiger partial charge on any atom is 0.308 e. The van der Waals surface area contributed by atoms with Gasteiger partial charge in [0.25, 0.3) is 5.56 Å². The molecule has 0 bridgehead atoms. The summed E-state index contributed by atoms with van der Waals surface area (Å²) in [5, 5.41) is 5.12. The van der Waals surface area contributed by atoms with Crippen LogP contribution in [-0.2, 0) is 4.79 Å². The Bertz CT molecular complexity index is 1380. The number of aryl methyl sites for hydroxylation is 1. The van der Waals surface area contributed by atoms with Gasteiger partial charge in [-0.15, -0.1) is 0 Å². The Morgan fingerprint density at radius 1 is 1.16 bits per heavy atom. The molecule has 0 aliphatic heterocycles. The molecule has 0 spiro atoms. The van der Waals surface area contributed by atoms with Crippen LogP contribution in [0.3, 0.4) is 0 Å². The Labute approximate surface area is 176 Å². The van der Waals surface area contributed by atoms with Crippen molar-refractivity contribution in [3.05, 3.63) is 58.1 Å². The van der Waals surface area contributed by atoms with Crippen molar-refractivity contribution >= 4 is 34.1 Å². The van der Waals surface area contributed by atoms with Gasteiger partial charge in [-0.05, 0) is 31.2 Å². The molecule has 0 aliphatic rings. The molecule has 9 nitrogen and oxygen atoms in total. The van der Waals surface area contributed by atoms with Crippen LogP contribution in [0, 0.1) is 6.92 Å². The molecule has 4 aromatic rings. The minimum atomic E-state index is -0.502. The lowest BCUT2D eigenvalue weighted by Crippen LogP contribution is -2.17. The van der Waals surface area contributed by atoms with E-state index in [1.807, 2.05) is 25.1 Å². The van der Waals surface area contributed by atoms with Gasteiger partial charge >= 0.3 is 5.97 Å². The van der Waals surface area contributed by atoms with Crippen LogP contribution in [-0.4, -0.2) is 41.0 Å². The molecule has 9 heteroatoms. The monoisotopic (exact) mass is 420 g/mol. The van der Waals surface area contributed by atoms with Gasteiger partial charge in [0.15, 0.2) is 11.5 Å². The van der Waals surface area contributed by atoms with Gasteiger partial charge in [-0.3, -0.25) is 9.59 Å². The number of fused-ring (bicyclic) bond motifs is 3. The van der Waals surface area contributed by atoms with Crippen LogP contribution in [0.4, 0.5) is 0 Å². The lowest BCUT2D eigenvalue weighted by molar-refractivity contribution is -0.132. The van der Waals surface area contributed by atoms with E-state index in [1.54, 1.807) is 12.1 Å². The van der Waals surface area contributed by atoms with Crippen LogP contribution in [0.5, 0.6) is 17.2 Å². The Kier molecular flexibility index (Phi) is 5.16. The number of carbonyl (C=O) groups is 1. The number of rotatable bonds is 5.